The Kier molecular flexibility index (Phi) is 10.3. The van der Waals surface area contributed by atoms with Crippen molar-refractivity contribution in [1.82, 2.24) is 0 Å². The molecule has 5 rings (SSSR count). The van der Waals surface area contributed by atoms with Gasteiger partial charge < -0.3 is 19.7 Å². The van der Waals surface area contributed by atoms with E-state index in [0.29, 0.717) is 37.2 Å². The zero-order valence-corrected chi connectivity index (χ0v) is 31.9. The van der Waals surface area contributed by atoms with E-state index >= 15 is 0 Å². The van der Waals surface area contributed by atoms with Crippen LogP contribution in [0.3, 0.4) is 0 Å². The summed E-state index contributed by atoms with van der Waals surface area (Å²) in [5.41, 5.74) is 23.5. The monoisotopic (exact) mass is 676 g/mol. The summed E-state index contributed by atoms with van der Waals surface area (Å²) in [4.78, 5) is 23.4. The number of aliphatic carboxylic acids is 2. The van der Waals surface area contributed by atoms with Gasteiger partial charge in [-0.3, -0.25) is 0 Å². The maximum atomic E-state index is 11.7. The van der Waals surface area contributed by atoms with Gasteiger partial charge in [0.15, 0.2) is 13.2 Å². The molecular formula is C44H52O6. The lowest BCUT2D eigenvalue weighted by Crippen LogP contribution is -2.16. The Morgan fingerprint density at radius 3 is 0.860 bits per heavy atom. The van der Waals surface area contributed by atoms with E-state index in [9.17, 15) is 19.8 Å². The van der Waals surface area contributed by atoms with Crippen LogP contribution in [-0.4, -0.2) is 35.4 Å². The highest BCUT2D eigenvalue weighted by atomic mass is 16.5. The third-order valence-electron chi connectivity index (χ3n) is 11.7. The van der Waals surface area contributed by atoms with Gasteiger partial charge in [0.05, 0.1) is 0 Å². The summed E-state index contributed by atoms with van der Waals surface area (Å²) in [7, 11) is 0. The fraction of sp³-hybridized carbons (Fsp3) is 0.409. The molecule has 0 saturated heterocycles. The number of hydrogen-bond acceptors (Lipinski definition) is 4. The van der Waals surface area contributed by atoms with Gasteiger partial charge in [-0.2, -0.15) is 0 Å². The van der Waals surface area contributed by atoms with Crippen molar-refractivity contribution in [2.45, 2.75) is 109 Å². The number of rotatable bonds is 6. The van der Waals surface area contributed by atoms with E-state index in [0.717, 1.165) is 22.3 Å². The van der Waals surface area contributed by atoms with Gasteiger partial charge in [0.25, 0.3) is 0 Å². The highest BCUT2D eigenvalue weighted by Gasteiger charge is 2.26. The highest BCUT2D eigenvalue weighted by Crippen LogP contribution is 2.41. The molecule has 264 valence electrons. The van der Waals surface area contributed by atoms with Crippen LogP contribution in [0.4, 0.5) is 0 Å². The predicted octanol–water partition coefficient (Wildman–Crippen LogP) is 8.99. The van der Waals surface area contributed by atoms with Crippen molar-refractivity contribution in [3.63, 3.8) is 0 Å². The van der Waals surface area contributed by atoms with E-state index < -0.39 is 25.2 Å². The Morgan fingerprint density at radius 1 is 0.420 bits per heavy atom. The van der Waals surface area contributed by atoms with E-state index in [4.69, 9.17) is 9.47 Å². The SMILES string of the molecule is Cc1cc(C)c2c(C)c1Cc1c(C)c(c(C)c(OCC(=O)O)c1C)Cc1c(C)cc(C)c(c1C)Cc1c(C)c(c(C)c(OCC(=O)O)c1C)C2. The molecule has 0 unspecified atom stereocenters. The average Bonchev–Trinajstić information content (AvgIpc) is 3.02. The van der Waals surface area contributed by atoms with Crippen LogP contribution in [0.5, 0.6) is 11.5 Å². The summed E-state index contributed by atoms with van der Waals surface area (Å²) < 4.78 is 12.2. The number of carbonyl (C=O) groups is 2. The summed E-state index contributed by atoms with van der Waals surface area (Å²) in [5, 5.41) is 19.2. The van der Waals surface area contributed by atoms with Gasteiger partial charge >= 0.3 is 11.9 Å². The molecular weight excluding hydrogens is 624 g/mol. The molecule has 0 spiro atoms. The molecule has 0 aromatic heterocycles. The van der Waals surface area contributed by atoms with E-state index in [2.05, 4.69) is 95.2 Å². The maximum Gasteiger partial charge on any atom is 0.341 e. The number of benzene rings is 4. The van der Waals surface area contributed by atoms with Crippen LogP contribution in [0.2, 0.25) is 0 Å². The van der Waals surface area contributed by atoms with Crippen molar-refractivity contribution in [2.75, 3.05) is 13.2 Å². The minimum Gasteiger partial charge on any atom is -0.481 e. The van der Waals surface area contributed by atoms with Crippen molar-refractivity contribution in [2.24, 2.45) is 0 Å². The van der Waals surface area contributed by atoms with Crippen LogP contribution in [0.25, 0.3) is 0 Å². The average molecular weight is 677 g/mol. The van der Waals surface area contributed by atoms with Crippen molar-refractivity contribution in [1.29, 1.82) is 0 Å². The Morgan fingerprint density at radius 2 is 0.640 bits per heavy atom. The quantitative estimate of drug-likeness (QED) is 0.187. The van der Waals surface area contributed by atoms with E-state index in [1.165, 1.54) is 89.0 Å². The van der Waals surface area contributed by atoms with Gasteiger partial charge in [0.2, 0.25) is 0 Å². The Bertz CT molecular complexity index is 1820. The lowest BCUT2D eigenvalue weighted by molar-refractivity contribution is -0.140. The van der Waals surface area contributed by atoms with Gasteiger partial charge in [-0.15, -0.1) is 0 Å². The third-order valence-corrected chi connectivity index (χ3v) is 11.7. The van der Waals surface area contributed by atoms with Crippen molar-refractivity contribution in [3.8, 4) is 11.5 Å². The fourth-order valence-electron chi connectivity index (χ4n) is 8.70. The number of carboxylic acids is 2. The molecule has 1 aliphatic rings. The second-order valence-corrected chi connectivity index (χ2v) is 14.6. The van der Waals surface area contributed by atoms with E-state index in [1.807, 2.05) is 0 Å². The molecule has 0 radical (unpaired) electrons. The lowest BCUT2D eigenvalue weighted by Gasteiger charge is -2.28. The summed E-state index contributed by atoms with van der Waals surface area (Å²) in [6, 6.07) is 4.57. The number of ether oxygens (including phenoxy) is 2. The van der Waals surface area contributed by atoms with Crippen LogP contribution in [0, 0.1) is 83.1 Å². The van der Waals surface area contributed by atoms with Crippen LogP contribution in [0.15, 0.2) is 12.1 Å². The second-order valence-electron chi connectivity index (χ2n) is 14.6. The van der Waals surface area contributed by atoms with E-state index in [1.54, 1.807) is 0 Å². The summed E-state index contributed by atoms with van der Waals surface area (Å²) in [5.74, 6) is -0.653. The van der Waals surface area contributed by atoms with Gasteiger partial charge in [-0.1, -0.05) is 12.1 Å². The normalized spacial score (nSPS) is 12.6. The van der Waals surface area contributed by atoms with Crippen LogP contribution < -0.4 is 9.47 Å². The molecule has 0 fully saturated rings. The molecule has 8 bridgehead atoms. The zero-order valence-electron chi connectivity index (χ0n) is 31.9. The molecule has 4 aromatic rings. The Hall–Kier alpha value is -4.58. The Balaban J connectivity index is 1.90. The molecule has 0 atom stereocenters. The number of fused-ring (bicyclic) bond motifs is 8. The topological polar surface area (TPSA) is 93.1 Å². The predicted molar refractivity (Wildman–Crippen MR) is 200 cm³/mol. The minimum absolute atomic E-state index is 0.392. The third kappa shape index (κ3) is 6.53. The first-order valence-corrected chi connectivity index (χ1v) is 17.5. The second kappa shape index (κ2) is 14.0. The highest BCUT2D eigenvalue weighted by molar-refractivity contribution is 5.70. The number of aryl methyl sites for hydroxylation is 4. The fourth-order valence-corrected chi connectivity index (χ4v) is 8.70. The van der Waals surface area contributed by atoms with Crippen LogP contribution in [0.1, 0.15) is 111 Å². The molecule has 6 nitrogen and oxygen atoms in total. The smallest absolute Gasteiger partial charge is 0.341 e. The largest absolute Gasteiger partial charge is 0.481 e. The van der Waals surface area contributed by atoms with Crippen LogP contribution >= 0.6 is 0 Å². The van der Waals surface area contributed by atoms with Gasteiger partial charge in [0, 0.05) is 0 Å². The van der Waals surface area contributed by atoms with Gasteiger partial charge in [0.1, 0.15) is 11.5 Å². The van der Waals surface area contributed by atoms with E-state index in [-0.39, 0.29) is 0 Å². The number of carboxylic acid groups (broad SMARTS) is 2. The lowest BCUT2D eigenvalue weighted by atomic mass is 9.79. The molecule has 2 N–H and O–H groups in total. The Labute approximate surface area is 297 Å². The molecule has 0 heterocycles. The summed E-state index contributed by atoms with van der Waals surface area (Å²) in [6.07, 6.45) is 2.78. The maximum absolute atomic E-state index is 11.7. The molecule has 0 amide bonds. The first-order valence-electron chi connectivity index (χ1n) is 17.5. The van der Waals surface area contributed by atoms with Crippen molar-refractivity contribution in [3.05, 3.63) is 123 Å². The molecule has 1 aliphatic carbocycles. The first kappa shape index (κ1) is 36.7. The first-order chi connectivity index (χ1) is 23.4. The van der Waals surface area contributed by atoms with Crippen molar-refractivity contribution < 1.29 is 29.3 Å². The molecule has 0 saturated carbocycles. The summed E-state index contributed by atoms with van der Waals surface area (Å²) in [6.45, 7) is 25.1. The van der Waals surface area contributed by atoms with Crippen molar-refractivity contribution >= 4 is 11.9 Å². The van der Waals surface area contributed by atoms with Crippen LogP contribution in [-0.2, 0) is 35.3 Å². The minimum atomic E-state index is -0.993. The standard InChI is InChI=1S/C44H52O6/c1-21-13-22(2)34-16-38-28(8)40(32(12)44(30(38)10)50-20-42(47)48)18-36-24(4)14-23(3)35(26(36)6)17-39-27(7)37(15-33(21)25(34)5)29(9)43(31(39)11)49-19-41(45)46/h13-14H,15-20H2,1-12H3,(H,45,46)(H,47,48). The van der Waals surface area contributed by atoms with Gasteiger partial charge in [-0.25, -0.2) is 9.59 Å². The molecule has 0 aliphatic heterocycles. The number of hydrogen-bond donors (Lipinski definition) is 2. The van der Waals surface area contributed by atoms with Gasteiger partial charge in [-0.05, 0) is 220 Å². The summed E-state index contributed by atoms with van der Waals surface area (Å²) >= 11 is 0. The molecule has 50 heavy (non-hydrogen) atoms. The molecule has 4 aromatic carbocycles. The molecule has 6 heteroatoms. The zero-order chi connectivity index (χ0) is 36.9.